The van der Waals surface area contributed by atoms with E-state index in [4.69, 9.17) is 11.6 Å². The predicted octanol–water partition coefficient (Wildman–Crippen LogP) is 3.29. The molecule has 1 aliphatic carbocycles. The largest absolute Gasteiger partial charge is 0.395 e. The summed E-state index contributed by atoms with van der Waals surface area (Å²) in [6.45, 7) is 0.611. The molecule has 0 unspecified atom stereocenters. The van der Waals surface area contributed by atoms with Gasteiger partial charge in [-0.15, -0.1) is 0 Å². The maximum absolute atomic E-state index is 13.6. The molecule has 2 aromatic rings. The lowest BCUT2D eigenvalue weighted by Crippen LogP contribution is -2.48. The highest BCUT2D eigenvalue weighted by molar-refractivity contribution is 6.30. The number of aromatic amines is 1. The van der Waals surface area contributed by atoms with Crippen molar-refractivity contribution in [1.82, 2.24) is 14.9 Å². The smallest absolute Gasteiger partial charge is 0.233 e. The van der Waals surface area contributed by atoms with E-state index < -0.39 is 5.41 Å². The number of benzene rings is 1. The highest BCUT2D eigenvalue weighted by Gasteiger charge is 2.43. The lowest BCUT2D eigenvalue weighted by Gasteiger charge is -2.40. The lowest BCUT2D eigenvalue weighted by molar-refractivity contribution is -0.140. The van der Waals surface area contributed by atoms with Gasteiger partial charge in [0.05, 0.1) is 18.6 Å². The molecular formula is C19H24ClN3O2. The van der Waals surface area contributed by atoms with E-state index in [2.05, 4.69) is 9.97 Å². The Balaban J connectivity index is 1.92. The highest BCUT2D eigenvalue weighted by atomic mass is 35.5. The van der Waals surface area contributed by atoms with Crippen LogP contribution < -0.4 is 0 Å². The van der Waals surface area contributed by atoms with E-state index in [1.54, 1.807) is 17.3 Å². The van der Waals surface area contributed by atoms with Gasteiger partial charge in [-0.1, -0.05) is 43.0 Å². The molecule has 1 aliphatic rings. The number of carbonyl (C=O) groups is 1. The monoisotopic (exact) mass is 361 g/mol. The molecule has 3 rings (SSSR count). The summed E-state index contributed by atoms with van der Waals surface area (Å²) in [5, 5.41) is 10.1. The van der Waals surface area contributed by atoms with Gasteiger partial charge in [-0.3, -0.25) is 4.79 Å². The molecule has 6 heteroatoms. The summed E-state index contributed by atoms with van der Waals surface area (Å²) in [6, 6.07) is 7.64. The number of nitrogens with zero attached hydrogens (tertiary/aromatic N) is 2. The van der Waals surface area contributed by atoms with Crippen molar-refractivity contribution in [3.63, 3.8) is 0 Å². The Labute approximate surface area is 153 Å². The van der Waals surface area contributed by atoms with Crippen molar-refractivity contribution < 1.29 is 9.90 Å². The molecule has 1 fully saturated rings. The zero-order valence-corrected chi connectivity index (χ0v) is 15.0. The fourth-order valence-corrected chi connectivity index (χ4v) is 3.92. The van der Waals surface area contributed by atoms with Gasteiger partial charge in [-0.25, -0.2) is 4.98 Å². The Morgan fingerprint density at radius 3 is 2.56 bits per heavy atom. The van der Waals surface area contributed by atoms with Crippen molar-refractivity contribution in [3.05, 3.63) is 53.1 Å². The van der Waals surface area contributed by atoms with Crippen LogP contribution in [0, 0.1) is 0 Å². The molecule has 2 N–H and O–H groups in total. The normalized spacial score (nSPS) is 16.6. The summed E-state index contributed by atoms with van der Waals surface area (Å²) in [5.74, 6) is 0.795. The van der Waals surface area contributed by atoms with Gasteiger partial charge in [0.1, 0.15) is 5.82 Å². The number of imidazole rings is 1. The minimum absolute atomic E-state index is 0.0663. The van der Waals surface area contributed by atoms with E-state index >= 15 is 0 Å². The molecule has 1 aromatic carbocycles. The number of hydrogen-bond acceptors (Lipinski definition) is 3. The molecule has 1 amide bonds. The van der Waals surface area contributed by atoms with E-state index in [1.807, 2.05) is 24.3 Å². The molecule has 1 saturated carbocycles. The number of carbonyl (C=O) groups excluding carboxylic acids is 1. The molecule has 0 atom stereocenters. The molecule has 5 nitrogen and oxygen atoms in total. The van der Waals surface area contributed by atoms with Crippen LogP contribution in [-0.2, 0) is 16.8 Å². The van der Waals surface area contributed by atoms with Crippen molar-refractivity contribution in [1.29, 1.82) is 0 Å². The standard InChI is InChI=1S/C19H24ClN3O2/c20-16-6-4-15(5-7-16)19(8-2-1-3-9-19)18(25)23(12-13-24)14-17-21-10-11-22-17/h4-7,10-11,24H,1-3,8-9,12-14H2,(H,21,22). The average molecular weight is 362 g/mol. The number of nitrogens with one attached hydrogen (secondary N) is 1. The third kappa shape index (κ3) is 3.88. The van der Waals surface area contributed by atoms with Crippen molar-refractivity contribution in [2.75, 3.05) is 13.2 Å². The fourth-order valence-electron chi connectivity index (χ4n) is 3.79. The molecule has 0 bridgehead atoms. The number of aromatic nitrogens is 2. The third-order valence-electron chi connectivity index (χ3n) is 5.07. The molecular weight excluding hydrogens is 338 g/mol. The van der Waals surface area contributed by atoms with Gasteiger partial charge in [0.15, 0.2) is 0 Å². The summed E-state index contributed by atoms with van der Waals surface area (Å²) in [6.07, 6.45) is 8.28. The van der Waals surface area contributed by atoms with Crippen molar-refractivity contribution in [2.24, 2.45) is 0 Å². The first kappa shape index (κ1) is 18.0. The maximum atomic E-state index is 13.6. The molecule has 1 aromatic heterocycles. The van der Waals surface area contributed by atoms with Gasteiger partial charge in [-0.2, -0.15) is 0 Å². The maximum Gasteiger partial charge on any atom is 0.233 e. The predicted molar refractivity (Wildman–Crippen MR) is 97.3 cm³/mol. The van der Waals surface area contributed by atoms with Gasteiger partial charge in [0, 0.05) is 24.0 Å². The number of hydrogen-bond donors (Lipinski definition) is 2. The van der Waals surface area contributed by atoms with E-state index in [9.17, 15) is 9.90 Å². The first-order valence-corrected chi connectivity index (χ1v) is 9.18. The molecule has 0 aliphatic heterocycles. The summed E-state index contributed by atoms with van der Waals surface area (Å²) in [4.78, 5) is 22.5. The fraction of sp³-hybridized carbons (Fsp3) is 0.474. The third-order valence-corrected chi connectivity index (χ3v) is 5.32. The Bertz CT molecular complexity index is 679. The molecule has 0 spiro atoms. The lowest BCUT2D eigenvalue weighted by atomic mass is 9.68. The topological polar surface area (TPSA) is 69.2 Å². The van der Waals surface area contributed by atoms with Gasteiger partial charge in [0.2, 0.25) is 5.91 Å². The highest BCUT2D eigenvalue weighted by Crippen LogP contribution is 2.41. The van der Waals surface area contributed by atoms with Gasteiger partial charge < -0.3 is 15.0 Å². The van der Waals surface area contributed by atoms with E-state index in [0.717, 1.165) is 43.5 Å². The van der Waals surface area contributed by atoms with Crippen LogP contribution in [0.15, 0.2) is 36.7 Å². The summed E-state index contributed by atoms with van der Waals surface area (Å²) < 4.78 is 0. The summed E-state index contributed by atoms with van der Waals surface area (Å²) in [5.41, 5.74) is 0.480. The quantitative estimate of drug-likeness (QED) is 0.829. The number of aliphatic hydroxyl groups excluding tert-OH is 1. The van der Waals surface area contributed by atoms with Crippen LogP contribution in [0.25, 0.3) is 0 Å². The second-order valence-electron chi connectivity index (χ2n) is 6.64. The van der Waals surface area contributed by atoms with Gasteiger partial charge >= 0.3 is 0 Å². The van der Waals surface area contributed by atoms with Crippen LogP contribution in [0.1, 0.15) is 43.5 Å². The minimum Gasteiger partial charge on any atom is -0.395 e. The first-order chi connectivity index (χ1) is 12.2. The van der Waals surface area contributed by atoms with E-state index in [1.165, 1.54) is 0 Å². The first-order valence-electron chi connectivity index (χ1n) is 8.80. The van der Waals surface area contributed by atoms with Gasteiger partial charge in [-0.05, 0) is 30.5 Å². The molecule has 0 saturated heterocycles. The zero-order valence-electron chi connectivity index (χ0n) is 14.2. The second kappa shape index (κ2) is 8.02. The van der Waals surface area contributed by atoms with Crippen LogP contribution >= 0.6 is 11.6 Å². The van der Waals surface area contributed by atoms with Crippen LogP contribution in [0.5, 0.6) is 0 Å². The van der Waals surface area contributed by atoms with Crippen LogP contribution in [0.4, 0.5) is 0 Å². The SMILES string of the molecule is O=C(N(CCO)Cc1ncc[nH]1)C1(c2ccc(Cl)cc2)CCCCC1. The van der Waals surface area contributed by atoms with Gasteiger partial charge in [0.25, 0.3) is 0 Å². The van der Waals surface area contributed by atoms with E-state index in [0.29, 0.717) is 18.1 Å². The minimum atomic E-state index is -0.537. The second-order valence-corrected chi connectivity index (χ2v) is 7.07. The Morgan fingerprint density at radius 2 is 1.96 bits per heavy atom. The van der Waals surface area contributed by atoms with Crippen molar-refractivity contribution in [2.45, 2.75) is 44.1 Å². The number of amides is 1. The Morgan fingerprint density at radius 1 is 1.24 bits per heavy atom. The Kier molecular flexibility index (Phi) is 5.76. The van der Waals surface area contributed by atoms with Crippen LogP contribution in [0.3, 0.4) is 0 Å². The summed E-state index contributed by atoms with van der Waals surface area (Å²) >= 11 is 6.04. The number of aliphatic hydroxyl groups is 1. The van der Waals surface area contributed by atoms with Crippen molar-refractivity contribution in [3.8, 4) is 0 Å². The number of H-pyrrole nitrogens is 1. The van der Waals surface area contributed by atoms with E-state index in [-0.39, 0.29) is 12.5 Å². The molecule has 25 heavy (non-hydrogen) atoms. The molecule has 0 radical (unpaired) electrons. The number of halogens is 1. The van der Waals surface area contributed by atoms with Crippen LogP contribution in [-0.4, -0.2) is 39.0 Å². The van der Waals surface area contributed by atoms with Crippen molar-refractivity contribution >= 4 is 17.5 Å². The average Bonchev–Trinajstić information content (AvgIpc) is 3.15. The summed E-state index contributed by atoms with van der Waals surface area (Å²) in [7, 11) is 0. The number of rotatable bonds is 6. The molecule has 1 heterocycles. The zero-order chi connectivity index (χ0) is 17.7. The molecule has 134 valence electrons. The van der Waals surface area contributed by atoms with Crippen LogP contribution in [0.2, 0.25) is 5.02 Å². The Hall–Kier alpha value is -1.85.